The molecule has 1 aromatic heterocycles. The Balaban J connectivity index is 2.30. The van der Waals surface area contributed by atoms with Gasteiger partial charge in [-0.25, -0.2) is 4.98 Å². The molecule has 0 atom stereocenters. The zero-order valence-corrected chi connectivity index (χ0v) is 9.34. The summed E-state index contributed by atoms with van der Waals surface area (Å²) in [5.74, 6) is 0.912. The van der Waals surface area contributed by atoms with E-state index >= 15 is 0 Å². The molecule has 1 aromatic carbocycles. The summed E-state index contributed by atoms with van der Waals surface area (Å²) in [4.78, 5) is 4.00. The van der Waals surface area contributed by atoms with E-state index < -0.39 is 0 Å². The number of hydrogen-bond acceptors (Lipinski definition) is 4. The average molecular weight is 225 g/mol. The lowest BCUT2D eigenvalue weighted by atomic mass is 10.2. The third-order valence-electron chi connectivity index (χ3n) is 2.23. The topological polar surface area (TPSA) is 71.9 Å². The predicted molar refractivity (Wildman–Crippen MR) is 64.6 cm³/mol. The number of nitrogen functional groups attached to an aromatic ring is 1. The zero-order valence-electron chi connectivity index (χ0n) is 9.34. The van der Waals surface area contributed by atoms with Gasteiger partial charge in [0, 0.05) is 0 Å². The number of nitriles is 1. The molecule has 17 heavy (non-hydrogen) atoms. The maximum atomic E-state index is 8.94. The van der Waals surface area contributed by atoms with Gasteiger partial charge in [0.25, 0.3) is 0 Å². The molecule has 0 aliphatic heterocycles. The van der Waals surface area contributed by atoms with Crippen LogP contribution < -0.4 is 10.5 Å². The minimum absolute atomic E-state index is 0.269. The first-order valence-electron chi connectivity index (χ1n) is 5.09. The van der Waals surface area contributed by atoms with E-state index in [1.165, 1.54) is 12.3 Å². The largest absolute Gasteiger partial charge is 0.438 e. The first-order valence-corrected chi connectivity index (χ1v) is 5.09. The van der Waals surface area contributed by atoms with Crippen LogP contribution in [0.4, 0.5) is 5.69 Å². The Labute approximate surface area is 99.3 Å². The monoisotopic (exact) mass is 225 g/mol. The van der Waals surface area contributed by atoms with Gasteiger partial charge >= 0.3 is 0 Å². The maximum absolute atomic E-state index is 8.94. The van der Waals surface area contributed by atoms with Gasteiger partial charge in [0.2, 0.25) is 5.88 Å². The normalized spacial score (nSPS) is 9.65. The molecule has 0 radical (unpaired) electrons. The van der Waals surface area contributed by atoms with Gasteiger partial charge in [-0.1, -0.05) is 17.7 Å². The molecule has 0 fully saturated rings. The summed E-state index contributed by atoms with van der Waals surface area (Å²) >= 11 is 0. The van der Waals surface area contributed by atoms with E-state index in [4.69, 9.17) is 15.7 Å². The van der Waals surface area contributed by atoms with Crippen LogP contribution in [-0.4, -0.2) is 4.98 Å². The summed E-state index contributed by atoms with van der Waals surface area (Å²) in [5.41, 5.74) is 7.46. The number of hydrogen-bond donors (Lipinski definition) is 1. The smallest absolute Gasteiger partial charge is 0.237 e. The summed E-state index contributed by atoms with van der Waals surface area (Å²) in [6.45, 7) is 1.99. The van der Waals surface area contributed by atoms with Gasteiger partial charge in [0.05, 0.1) is 11.9 Å². The second-order valence-corrected chi connectivity index (χ2v) is 3.65. The van der Waals surface area contributed by atoms with Crippen LogP contribution in [0.3, 0.4) is 0 Å². The van der Waals surface area contributed by atoms with E-state index in [2.05, 4.69) is 4.98 Å². The van der Waals surface area contributed by atoms with Crippen LogP contribution in [0.2, 0.25) is 0 Å². The highest BCUT2D eigenvalue weighted by molar-refractivity contribution is 5.49. The highest BCUT2D eigenvalue weighted by atomic mass is 16.5. The summed E-state index contributed by atoms with van der Waals surface area (Å²) < 4.78 is 5.52. The van der Waals surface area contributed by atoms with Crippen LogP contribution in [0.1, 0.15) is 11.1 Å². The molecule has 4 nitrogen and oxygen atoms in total. The van der Waals surface area contributed by atoms with Gasteiger partial charge in [-0.15, -0.1) is 0 Å². The van der Waals surface area contributed by atoms with Gasteiger partial charge in [0.1, 0.15) is 17.4 Å². The van der Waals surface area contributed by atoms with Gasteiger partial charge in [-0.3, -0.25) is 0 Å². The molecule has 0 unspecified atom stereocenters. The number of anilines is 1. The average Bonchev–Trinajstić information content (AvgIpc) is 2.34. The number of nitrogens with zero attached hydrogens (tertiary/aromatic N) is 2. The molecule has 0 saturated carbocycles. The van der Waals surface area contributed by atoms with Crippen molar-refractivity contribution in [1.29, 1.82) is 5.26 Å². The first kappa shape index (κ1) is 11.0. The number of aryl methyl sites for hydroxylation is 1. The van der Waals surface area contributed by atoms with Crippen LogP contribution in [0.15, 0.2) is 36.5 Å². The highest BCUT2D eigenvalue weighted by Crippen LogP contribution is 2.23. The number of benzene rings is 1. The maximum Gasteiger partial charge on any atom is 0.237 e. The summed E-state index contributed by atoms with van der Waals surface area (Å²) in [5, 5.41) is 8.94. The molecule has 0 aliphatic carbocycles. The van der Waals surface area contributed by atoms with Gasteiger partial charge < -0.3 is 10.5 Å². The summed E-state index contributed by atoms with van der Waals surface area (Å²) in [6, 6.07) is 11.1. The fourth-order valence-corrected chi connectivity index (χ4v) is 1.35. The Kier molecular flexibility index (Phi) is 2.93. The lowest BCUT2D eigenvalue weighted by Crippen LogP contribution is -1.94. The molecular weight excluding hydrogens is 214 g/mol. The quantitative estimate of drug-likeness (QED) is 0.852. The van der Waals surface area contributed by atoms with Crippen molar-refractivity contribution in [2.24, 2.45) is 0 Å². The molecule has 0 amide bonds. The minimum Gasteiger partial charge on any atom is -0.438 e. The van der Waals surface area contributed by atoms with E-state index in [0.717, 1.165) is 5.56 Å². The number of ether oxygens (including phenoxy) is 1. The van der Waals surface area contributed by atoms with Crippen molar-refractivity contribution >= 4 is 5.69 Å². The van der Waals surface area contributed by atoms with E-state index in [1.807, 2.05) is 37.3 Å². The van der Waals surface area contributed by atoms with E-state index in [-0.39, 0.29) is 5.88 Å². The van der Waals surface area contributed by atoms with Crippen molar-refractivity contribution in [1.82, 2.24) is 4.98 Å². The van der Waals surface area contributed by atoms with Crippen molar-refractivity contribution in [3.05, 3.63) is 47.7 Å². The Morgan fingerprint density at radius 2 is 2.00 bits per heavy atom. The van der Waals surface area contributed by atoms with Crippen molar-refractivity contribution in [3.8, 4) is 17.7 Å². The molecule has 1 heterocycles. The second kappa shape index (κ2) is 4.54. The van der Waals surface area contributed by atoms with Crippen molar-refractivity contribution in [3.63, 3.8) is 0 Å². The molecule has 0 bridgehead atoms. The molecule has 4 heteroatoms. The van der Waals surface area contributed by atoms with E-state index in [0.29, 0.717) is 17.0 Å². The number of nitrogens with two attached hydrogens (primary N) is 1. The molecule has 2 N–H and O–H groups in total. The summed E-state index contributed by atoms with van der Waals surface area (Å²) in [6.07, 6.45) is 1.46. The summed E-state index contributed by atoms with van der Waals surface area (Å²) in [7, 11) is 0. The van der Waals surface area contributed by atoms with Crippen LogP contribution in [0.25, 0.3) is 0 Å². The van der Waals surface area contributed by atoms with Crippen LogP contribution >= 0.6 is 0 Å². The highest BCUT2D eigenvalue weighted by Gasteiger charge is 2.06. The second-order valence-electron chi connectivity index (χ2n) is 3.65. The first-order chi connectivity index (χ1) is 8.19. The number of pyridine rings is 1. The Morgan fingerprint density at radius 1 is 1.29 bits per heavy atom. The third kappa shape index (κ3) is 2.52. The standard InChI is InChI=1S/C13H11N3O/c1-9-2-4-12(5-3-9)17-13-10(7-14)6-11(15)8-16-13/h2-6,8H,15H2,1H3. The van der Waals surface area contributed by atoms with Crippen molar-refractivity contribution < 1.29 is 4.74 Å². The van der Waals surface area contributed by atoms with Gasteiger partial charge in [-0.05, 0) is 25.1 Å². The molecular formula is C13H11N3O. The third-order valence-corrected chi connectivity index (χ3v) is 2.23. The molecule has 2 aromatic rings. The molecule has 0 aliphatic rings. The van der Waals surface area contributed by atoms with E-state index in [9.17, 15) is 0 Å². The molecule has 0 spiro atoms. The fourth-order valence-electron chi connectivity index (χ4n) is 1.35. The molecule has 0 saturated heterocycles. The van der Waals surface area contributed by atoms with Crippen LogP contribution in [0, 0.1) is 18.3 Å². The fraction of sp³-hybridized carbons (Fsp3) is 0.0769. The molecule has 2 rings (SSSR count). The lowest BCUT2D eigenvalue weighted by molar-refractivity contribution is 0.461. The Bertz CT molecular complexity index is 570. The Hall–Kier alpha value is -2.54. The van der Waals surface area contributed by atoms with E-state index in [1.54, 1.807) is 0 Å². The molecule has 84 valence electrons. The Morgan fingerprint density at radius 3 is 2.65 bits per heavy atom. The van der Waals surface area contributed by atoms with Gasteiger partial charge in [-0.2, -0.15) is 5.26 Å². The predicted octanol–water partition coefficient (Wildman–Crippen LogP) is 2.64. The lowest BCUT2D eigenvalue weighted by Gasteiger charge is -2.06. The van der Waals surface area contributed by atoms with Crippen molar-refractivity contribution in [2.75, 3.05) is 5.73 Å². The van der Waals surface area contributed by atoms with Crippen molar-refractivity contribution in [2.45, 2.75) is 6.92 Å². The number of aromatic nitrogens is 1. The SMILES string of the molecule is Cc1ccc(Oc2ncc(N)cc2C#N)cc1. The zero-order chi connectivity index (χ0) is 12.3. The van der Waals surface area contributed by atoms with Crippen LogP contribution in [0.5, 0.6) is 11.6 Å². The minimum atomic E-state index is 0.269. The number of rotatable bonds is 2. The van der Waals surface area contributed by atoms with Gasteiger partial charge in [0.15, 0.2) is 0 Å². The van der Waals surface area contributed by atoms with Crippen LogP contribution in [-0.2, 0) is 0 Å².